The monoisotopic (exact) mass is 323 g/mol. The molecule has 24 heavy (non-hydrogen) atoms. The van der Waals surface area contributed by atoms with Gasteiger partial charge in [-0.25, -0.2) is 9.97 Å². The van der Waals surface area contributed by atoms with Gasteiger partial charge >= 0.3 is 0 Å². The van der Waals surface area contributed by atoms with E-state index in [1.807, 2.05) is 52.0 Å². The fraction of sp³-hybridized carbons (Fsp3) is 0.316. The molecular formula is C19H21N3O2. The molecule has 0 saturated carbocycles. The number of hydrogen-bond acceptors (Lipinski definition) is 5. The van der Waals surface area contributed by atoms with Crippen molar-refractivity contribution in [1.29, 1.82) is 0 Å². The lowest BCUT2D eigenvalue weighted by molar-refractivity contribution is 0.133. The van der Waals surface area contributed by atoms with Gasteiger partial charge in [0.1, 0.15) is 22.8 Å². The molecule has 5 heteroatoms. The normalized spacial score (nSPS) is 11.5. The molecule has 0 radical (unpaired) electrons. The third-order valence-electron chi connectivity index (χ3n) is 3.41. The molecule has 0 aliphatic rings. The van der Waals surface area contributed by atoms with E-state index in [0.717, 1.165) is 39.5 Å². The number of fused-ring (bicyclic) bond motifs is 1. The predicted octanol–water partition coefficient (Wildman–Crippen LogP) is 4.19. The van der Waals surface area contributed by atoms with Gasteiger partial charge in [-0.1, -0.05) is 0 Å². The van der Waals surface area contributed by atoms with Crippen molar-refractivity contribution in [2.75, 3.05) is 7.11 Å². The first-order valence-electron chi connectivity index (χ1n) is 7.82. The first-order chi connectivity index (χ1) is 11.4. The van der Waals surface area contributed by atoms with Gasteiger partial charge in [0.25, 0.3) is 0 Å². The molecule has 0 aliphatic carbocycles. The summed E-state index contributed by atoms with van der Waals surface area (Å²) in [6.07, 6.45) is 3.43. The maximum absolute atomic E-state index is 6.15. The molecule has 0 spiro atoms. The highest BCUT2D eigenvalue weighted by Crippen LogP contribution is 2.33. The Hall–Kier alpha value is -2.69. The average molecular weight is 323 g/mol. The summed E-state index contributed by atoms with van der Waals surface area (Å²) < 4.78 is 11.5. The second-order valence-electron chi connectivity index (χ2n) is 6.65. The Bertz CT molecular complexity index is 885. The molecule has 0 unspecified atom stereocenters. The topological polar surface area (TPSA) is 57.1 Å². The molecule has 0 bridgehead atoms. The van der Waals surface area contributed by atoms with Gasteiger partial charge in [-0.05, 0) is 39.8 Å². The van der Waals surface area contributed by atoms with Crippen molar-refractivity contribution in [3.63, 3.8) is 0 Å². The maximum Gasteiger partial charge on any atom is 0.131 e. The van der Waals surface area contributed by atoms with Crippen molar-refractivity contribution >= 4 is 10.9 Å². The van der Waals surface area contributed by atoms with E-state index in [0.29, 0.717) is 0 Å². The number of hydrogen-bond donors (Lipinski definition) is 0. The van der Waals surface area contributed by atoms with Crippen LogP contribution in [0.5, 0.6) is 11.5 Å². The van der Waals surface area contributed by atoms with Crippen LogP contribution in [-0.2, 0) is 0 Å². The molecule has 2 aromatic heterocycles. The third-order valence-corrected chi connectivity index (χ3v) is 3.41. The standard InChI is InChI=1S/C19H21N3O2/c1-12-10-20-11-17(21-12)16-9-18(24-19(2,3)4)14-7-6-13(23-5)8-15(14)22-16/h6-11H,1-5H3. The molecule has 1 aromatic carbocycles. The minimum Gasteiger partial charge on any atom is -0.497 e. The minimum atomic E-state index is -0.316. The van der Waals surface area contributed by atoms with Gasteiger partial charge in [-0.2, -0.15) is 0 Å². The molecule has 0 N–H and O–H groups in total. The van der Waals surface area contributed by atoms with E-state index in [4.69, 9.17) is 14.5 Å². The second kappa shape index (κ2) is 6.07. The molecule has 0 atom stereocenters. The van der Waals surface area contributed by atoms with Crippen LogP contribution in [0.25, 0.3) is 22.3 Å². The lowest BCUT2D eigenvalue weighted by Gasteiger charge is -2.23. The number of methoxy groups -OCH3 is 1. The number of ether oxygens (including phenoxy) is 2. The highest BCUT2D eigenvalue weighted by molar-refractivity contribution is 5.88. The Morgan fingerprint density at radius 3 is 2.42 bits per heavy atom. The van der Waals surface area contributed by atoms with Crippen LogP contribution in [0.3, 0.4) is 0 Å². The summed E-state index contributed by atoms with van der Waals surface area (Å²) in [5, 5.41) is 0.940. The van der Waals surface area contributed by atoms with E-state index in [2.05, 4.69) is 9.97 Å². The summed E-state index contributed by atoms with van der Waals surface area (Å²) in [4.78, 5) is 13.5. The van der Waals surface area contributed by atoms with Crippen molar-refractivity contribution in [3.05, 3.63) is 42.4 Å². The smallest absolute Gasteiger partial charge is 0.131 e. The molecule has 2 heterocycles. The van der Waals surface area contributed by atoms with Gasteiger partial charge in [0.2, 0.25) is 0 Å². The lowest BCUT2D eigenvalue weighted by atomic mass is 10.1. The minimum absolute atomic E-state index is 0.316. The lowest BCUT2D eigenvalue weighted by Crippen LogP contribution is -2.23. The summed E-state index contributed by atoms with van der Waals surface area (Å²) in [6, 6.07) is 7.70. The van der Waals surface area contributed by atoms with Gasteiger partial charge in [-0.3, -0.25) is 4.98 Å². The van der Waals surface area contributed by atoms with Crippen LogP contribution < -0.4 is 9.47 Å². The van der Waals surface area contributed by atoms with Gasteiger partial charge in [-0.15, -0.1) is 0 Å². The zero-order valence-electron chi connectivity index (χ0n) is 14.6. The van der Waals surface area contributed by atoms with Crippen LogP contribution >= 0.6 is 0 Å². The number of nitrogens with zero attached hydrogens (tertiary/aromatic N) is 3. The van der Waals surface area contributed by atoms with Crippen LogP contribution in [-0.4, -0.2) is 27.7 Å². The van der Waals surface area contributed by atoms with Crippen molar-refractivity contribution in [2.24, 2.45) is 0 Å². The van der Waals surface area contributed by atoms with E-state index >= 15 is 0 Å². The largest absolute Gasteiger partial charge is 0.497 e. The molecule has 3 rings (SSSR count). The Morgan fingerprint density at radius 1 is 0.958 bits per heavy atom. The first-order valence-corrected chi connectivity index (χ1v) is 7.82. The summed E-state index contributed by atoms with van der Waals surface area (Å²) in [5.41, 5.74) is 2.78. The Morgan fingerprint density at radius 2 is 1.75 bits per heavy atom. The Kier molecular flexibility index (Phi) is 4.09. The zero-order valence-corrected chi connectivity index (χ0v) is 14.6. The Balaban J connectivity index is 2.23. The van der Waals surface area contributed by atoms with Crippen LogP contribution in [0.1, 0.15) is 26.5 Å². The van der Waals surface area contributed by atoms with Crippen LogP contribution in [0.2, 0.25) is 0 Å². The number of rotatable bonds is 3. The van der Waals surface area contributed by atoms with Crippen molar-refractivity contribution < 1.29 is 9.47 Å². The number of aryl methyl sites for hydroxylation is 1. The third kappa shape index (κ3) is 3.45. The van der Waals surface area contributed by atoms with E-state index in [9.17, 15) is 0 Å². The second-order valence-corrected chi connectivity index (χ2v) is 6.65. The SMILES string of the molecule is COc1ccc2c(OC(C)(C)C)cc(-c3cncc(C)n3)nc2c1. The van der Waals surface area contributed by atoms with E-state index in [-0.39, 0.29) is 5.60 Å². The summed E-state index contributed by atoms with van der Waals surface area (Å²) in [7, 11) is 1.64. The maximum atomic E-state index is 6.15. The fourth-order valence-electron chi connectivity index (χ4n) is 2.44. The van der Waals surface area contributed by atoms with E-state index in [1.165, 1.54) is 0 Å². The summed E-state index contributed by atoms with van der Waals surface area (Å²) in [6.45, 7) is 7.98. The first kappa shape index (κ1) is 16.2. The zero-order chi connectivity index (χ0) is 17.3. The van der Waals surface area contributed by atoms with Crippen molar-refractivity contribution in [2.45, 2.75) is 33.3 Å². The molecule has 5 nitrogen and oxygen atoms in total. The molecule has 0 amide bonds. The predicted molar refractivity (Wildman–Crippen MR) is 94.4 cm³/mol. The highest BCUT2D eigenvalue weighted by atomic mass is 16.5. The van der Waals surface area contributed by atoms with Gasteiger partial charge < -0.3 is 9.47 Å². The van der Waals surface area contributed by atoms with Crippen molar-refractivity contribution in [3.8, 4) is 22.9 Å². The number of pyridine rings is 1. The number of benzene rings is 1. The van der Waals surface area contributed by atoms with Crippen LogP contribution in [0, 0.1) is 6.92 Å². The quantitative estimate of drug-likeness (QED) is 0.723. The van der Waals surface area contributed by atoms with Crippen LogP contribution in [0.15, 0.2) is 36.7 Å². The molecule has 124 valence electrons. The molecule has 0 aliphatic heterocycles. The summed E-state index contributed by atoms with van der Waals surface area (Å²) >= 11 is 0. The van der Waals surface area contributed by atoms with Crippen LogP contribution in [0.4, 0.5) is 0 Å². The molecule has 0 fully saturated rings. The Labute approximate surface area is 141 Å². The average Bonchev–Trinajstić information content (AvgIpc) is 2.52. The molecule has 3 aromatic rings. The van der Waals surface area contributed by atoms with Gasteiger partial charge in [0.15, 0.2) is 0 Å². The van der Waals surface area contributed by atoms with Gasteiger partial charge in [0, 0.05) is 23.7 Å². The fourth-order valence-corrected chi connectivity index (χ4v) is 2.44. The van der Waals surface area contributed by atoms with Crippen molar-refractivity contribution in [1.82, 2.24) is 15.0 Å². The van der Waals surface area contributed by atoms with E-state index < -0.39 is 0 Å². The summed E-state index contributed by atoms with van der Waals surface area (Å²) in [5.74, 6) is 1.53. The van der Waals surface area contributed by atoms with Gasteiger partial charge in [0.05, 0.1) is 30.2 Å². The molecular weight excluding hydrogens is 302 g/mol. The highest BCUT2D eigenvalue weighted by Gasteiger charge is 2.17. The molecule has 0 saturated heterocycles. The van der Waals surface area contributed by atoms with E-state index in [1.54, 1.807) is 19.5 Å². The number of aromatic nitrogens is 3.